The molecule has 0 atom stereocenters. The van der Waals surface area contributed by atoms with Gasteiger partial charge in [-0.05, 0) is 60.9 Å². The number of sulfone groups is 1. The second kappa shape index (κ2) is 8.86. The number of nitro groups is 1. The molecule has 30 heavy (non-hydrogen) atoms. The molecule has 0 radical (unpaired) electrons. The summed E-state index contributed by atoms with van der Waals surface area (Å²) in [5.74, 6) is -0.415. The number of carbonyl (C=O) groups excluding carboxylic acids is 1. The van der Waals surface area contributed by atoms with Gasteiger partial charge in [-0.3, -0.25) is 14.9 Å². The number of nitrogens with one attached hydrogen (secondary N) is 1. The average molecular weight is 463 g/mol. The SMILES string of the molecule is CSc1ccc(Cl)c(C(=O)Nc2ccc(S(=O)(=O)c3ccc([N+](=O)[O-])cc3)cc2)c1. The highest BCUT2D eigenvalue weighted by Crippen LogP contribution is 2.26. The summed E-state index contributed by atoms with van der Waals surface area (Å²) < 4.78 is 25.4. The number of benzene rings is 3. The molecular formula is C20H15ClN2O5S2. The molecule has 0 aromatic heterocycles. The van der Waals surface area contributed by atoms with Crippen molar-refractivity contribution in [1.29, 1.82) is 0 Å². The van der Waals surface area contributed by atoms with Gasteiger partial charge < -0.3 is 5.32 Å². The molecule has 7 nitrogen and oxygen atoms in total. The molecule has 0 aliphatic heterocycles. The third kappa shape index (κ3) is 4.64. The first-order chi connectivity index (χ1) is 14.2. The Labute approximate surface area is 182 Å². The summed E-state index contributed by atoms with van der Waals surface area (Å²) in [6.07, 6.45) is 1.88. The molecule has 3 aromatic rings. The molecule has 10 heteroatoms. The van der Waals surface area contributed by atoms with Gasteiger partial charge in [-0.2, -0.15) is 0 Å². The Hall–Kier alpha value is -2.88. The quantitative estimate of drug-likeness (QED) is 0.312. The van der Waals surface area contributed by atoms with Crippen LogP contribution in [0.2, 0.25) is 5.02 Å². The monoisotopic (exact) mass is 462 g/mol. The van der Waals surface area contributed by atoms with Crippen LogP contribution in [0.1, 0.15) is 10.4 Å². The number of carbonyl (C=O) groups is 1. The number of amides is 1. The minimum absolute atomic E-state index is 0.00300. The first kappa shape index (κ1) is 21.8. The van der Waals surface area contributed by atoms with Gasteiger partial charge in [0.1, 0.15) is 0 Å². The smallest absolute Gasteiger partial charge is 0.269 e. The fourth-order valence-electron chi connectivity index (χ4n) is 2.60. The van der Waals surface area contributed by atoms with E-state index in [-0.39, 0.29) is 15.5 Å². The van der Waals surface area contributed by atoms with Crippen LogP contribution < -0.4 is 5.32 Å². The molecule has 1 N–H and O–H groups in total. The molecule has 1 amide bonds. The van der Waals surface area contributed by atoms with Crippen LogP contribution in [0.4, 0.5) is 11.4 Å². The Morgan fingerprint density at radius 2 is 1.57 bits per heavy atom. The predicted molar refractivity (Wildman–Crippen MR) is 116 cm³/mol. The lowest BCUT2D eigenvalue weighted by Gasteiger charge is -2.09. The predicted octanol–water partition coefficient (Wildman–Crippen LogP) is 5.06. The summed E-state index contributed by atoms with van der Waals surface area (Å²) in [5.41, 5.74) is 0.510. The number of nitrogens with zero attached hydrogens (tertiary/aromatic N) is 1. The first-order valence-corrected chi connectivity index (χ1v) is 11.6. The molecule has 0 fully saturated rings. The minimum atomic E-state index is -3.85. The van der Waals surface area contributed by atoms with Gasteiger partial charge in [-0.15, -0.1) is 11.8 Å². The van der Waals surface area contributed by atoms with Crippen molar-refractivity contribution in [2.75, 3.05) is 11.6 Å². The van der Waals surface area contributed by atoms with Gasteiger partial charge in [0.2, 0.25) is 9.84 Å². The molecule has 0 spiro atoms. The Morgan fingerprint density at radius 1 is 1.00 bits per heavy atom. The van der Waals surface area contributed by atoms with Crippen LogP contribution in [0.25, 0.3) is 0 Å². The highest BCUT2D eigenvalue weighted by Gasteiger charge is 2.19. The third-order valence-electron chi connectivity index (χ3n) is 4.20. The maximum atomic E-state index is 12.7. The fraction of sp³-hybridized carbons (Fsp3) is 0.0500. The van der Waals surface area contributed by atoms with E-state index < -0.39 is 20.7 Å². The van der Waals surface area contributed by atoms with Gasteiger partial charge in [0.05, 0.1) is 25.3 Å². The summed E-state index contributed by atoms with van der Waals surface area (Å²) >= 11 is 7.58. The van der Waals surface area contributed by atoms with Crippen LogP contribution in [0.5, 0.6) is 0 Å². The van der Waals surface area contributed by atoms with E-state index in [1.165, 1.54) is 48.2 Å². The zero-order valence-electron chi connectivity index (χ0n) is 15.5. The Morgan fingerprint density at radius 3 is 2.10 bits per heavy atom. The molecule has 0 saturated carbocycles. The lowest BCUT2D eigenvalue weighted by molar-refractivity contribution is -0.384. The second-order valence-electron chi connectivity index (χ2n) is 6.08. The lowest BCUT2D eigenvalue weighted by atomic mass is 10.2. The highest BCUT2D eigenvalue weighted by atomic mass is 35.5. The standard InChI is InChI=1S/C20H15ClN2O5S2/c1-29-15-6-11-19(21)18(12-15)20(24)22-13-2-7-16(8-3-13)30(27,28)17-9-4-14(5-10-17)23(25)26/h2-12H,1H3,(H,22,24). The normalized spacial score (nSPS) is 11.1. The summed E-state index contributed by atoms with van der Waals surface area (Å²) in [5, 5.41) is 13.7. The van der Waals surface area contributed by atoms with E-state index in [1.54, 1.807) is 12.1 Å². The van der Waals surface area contributed by atoms with Crippen molar-refractivity contribution in [3.8, 4) is 0 Å². The maximum absolute atomic E-state index is 12.7. The number of non-ortho nitro benzene ring substituents is 1. The Bertz CT molecular complexity index is 1210. The van der Waals surface area contributed by atoms with E-state index in [4.69, 9.17) is 11.6 Å². The van der Waals surface area contributed by atoms with E-state index in [2.05, 4.69) is 5.32 Å². The largest absolute Gasteiger partial charge is 0.322 e. The molecule has 0 bridgehead atoms. The van der Waals surface area contributed by atoms with Crippen molar-refractivity contribution in [1.82, 2.24) is 0 Å². The fourth-order valence-corrected chi connectivity index (χ4v) is 4.51. The molecule has 0 unspecified atom stereocenters. The van der Waals surface area contributed by atoms with E-state index in [0.29, 0.717) is 16.3 Å². The molecular weight excluding hydrogens is 448 g/mol. The summed E-state index contributed by atoms with van der Waals surface area (Å²) in [4.78, 5) is 23.5. The van der Waals surface area contributed by atoms with Gasteiger partial charge in [-0.25, -0.2) is 8.42 Å². The molecule has 0 saturated heterocycles. The van der Waals surface area contributed by atoms with Gasteiger partial charge in [0.25, 0.3) is 11.6 Å². The van der Waals surface area contributed by atoms with E-state index in [9.17, 15) is 23.3 Å². The van der Waals surface area contributed by atoms with Crippen molar-refractivity contribution in [2.45, 2.75) is 14.7 Å². The molecule has 3 rings (SSSR count). The Kier molecular flexibility index (Phi) is 6.45. The first-order valence-electron chi connectivity index (χ1n) is 8.47. The number of hydrogen-bond acceptors (Lipinski definition) is 6. The summed E-state index contributed by atoms with van der Waals surface area (Å²) in [6, 6.07) is 15.4. The molecule has 3 aromatic carbocycles. The van der Waals surface area contributed by atoms with E-state index >= 15 is 0 Å². The van der Waals surface area contributed by atoms with Crippen LogP contribution in [0.3, 0.4) is 0 Å². The van der Waals surface area contributed by atoms with E-state index in [0.717, 1.165) is 17.0 Å². The Balaban J connectivity index is 1.80. The van der Waals surface area contributed by atoms with Crippen LogP contribution in [0, 0.1) is 10.1 Å². The molecule has 154 valence electrons. The molecule has 0 aliphatic rings. The van der Waals surface area contributed by atoms with Crippen molar-refractivity contribution >= 4 is 50.5 Å². The lowest BCUT2D eigenvalue weighted by Crippen LogP contribution is -2.12. The minimum Gasteiger partial charge on any atom is -0.322 e. The number of hydrogen-bond donors (Lipinski definition) is 1. The zero-order chi connectivity index (χ0) is 21.9. The zero-order valence-corrected chi connectivity index (χ0v) is 17.9. The van der Waals surface area contributed by atoms with Crippen LogP contribution >= 0.6 is 23.4 Å². The van der Waals surface area contributed by atoms with E-state index in [1.807, 2.05) is 12.3 Å². The topological polar surface area (TPSA) is 106 Å². The highest BCUT2D eigenvalue weighted by molar-refractivity contribution is 7.98. The number of nitro benzene ring substituents is 1. The summed E-state index contributed by atoms with van der Waals surface area (Å²) in [7, 11) is -3.85. The molecule has 0 heterocycles. The van der Waals surface area contributed by atoms with Crippen molar-refractivity contribution in [3.05, 3.63) is 87.4 Å². The van der Waals surface area contributed by atoms with Crippen LogP contribution in [-0.2, 0) is 9.84 Å². The van der Waals surface area contributed by atoms with Gasteiger partial charge in [-0.1, -0.05) is 11.6 Å². The van der Waals surface area contributed by atoms with Crippen LogP contribution in [-0.4, -0.2) is 25.5 Å². The average Bonchev–Trinajstić information content (AvgIpc) is 2.74. The van der Waals surface area contributed by atoms with Crippen LogP contribution in [0.15, 0.2) is 81.4 Å². The third-order valence-corrected chi connectivity index (χ3v) is 7.04. The number of thioether (sulfide) groups is 1. The molecule has 0 aliphatic carbocycles. The second-order valence-corrected chi connectivity index (χ2v) is 9.32. The number of halogens is 1. The summed E-state index contributed by atoms with van der Waals surface area (Å²) in [6.45, 7) is 0. The number of anilines is 1. The van der Waals surface area contributed by atoms with Crippen molar-refractivity contribution in [3.63, 3.8) is 0 Å². The number of rotatable bonds is 6. The maximum Gasteiger partial charge on any atom is 0.269 e. The van der Waals surface area contributed by atoms with Gasteiger partial charge in [0, 0.05) is 22.7 Å². The van der Waals surface area contributed by atoms with Crippen molar-refractivity contribution in [2.24, 2.45) is 0 Å². The van der Waals surface area contributed by atoms with Gasteiger partial charge in [0.15, 0.2) is 0 Å². The van der Waals surface area contributed by atoms with Gasteiger partial charge >= 0.3 is 0 Å². The van der Waals surface area contributed by atoms with Crippen molar-refractivity contribution < 1.29 is 18.1 Å².